The molecule has 2 aromatic rings. The number of carboxylic acid groups (broad SMARTS) is 1. The molecule has 144 valence electrons. The topological polar surface area (TPSA) is 75.6 Å². The fraction of sp³-hybridized carbons (Fsp3) is 0.222. The Kier molecular flexibility index (Phi) is 6.48. The lowest BCUT2D eigenvalue weighted by atomic mass is 10.1. The van der Waals surface area contributed by atoms with E-state index in [1.54, 1.807) is 6.92 Å². The zero-order chi connectivity index (χ0) is 20.2. The van der Waals surface area contributed by atoms with Gasteiger partial charge in [0.25, 0.3) is 0 Å². The number of hydrogen-bond donors (Lipinski definition) is 2. The van der Waals surface area contributed by atoms with Crippen LogP contribution in [0.2, 0.25) is 0 Å². The van der Waals surface area contributed by atoms with Crippen LogP contribution in [-0.4, -0.2) is 17.0 Å². The van der Waals surface area contributed by atoms with Crippen LogP contribution in [0.25, 0.3) is 0 Å². The highest BCUT2D eigenvalue weighted by atomic mass is 79.9. The van der Waals surface area contributed by atoms with Gasteiger partial charge in [-0.2, -0.15) is 13.2 Å². The molecule has 0 fully saturated rings. The number of halogens is 4. The first-order valence-corrected chi connectivity index (χ1v) is 8.56. The van der Waals surface area contributed by atoms with Crippen molar-refractivity contribution in [2.45, 2.75) is 26.1 Å². The van der Waals surface area contributed by atoms with Crippen molar-refractivity contribution in [3.8, 4) is 5.75 Å². The minimum absolute atomic E-state index is 0.0710. The number of benzene rings is 2. The van der Waals surface area contributed by atoms with Crippen molar-refractivity contribution in [3.63, 3.8) is 0 Å². The smallest absolute Gasteiger partial charge is 0.416 e. The summed E-state index contributed by atoms with van der Waals surface area (Å²) >= 11 is 3.08. The first-order chi connectivity index (χ1) is 12.6. The van der Waals surface area contributed by atoms with Gasteiger partial charge in [0.1, 0.15) is 12.4 Å². The van der Waals surface area contributed by atoms with Crippen LogP contribution >= 0.6 is 15.9 Å². The second kappa shape index (κ2) is 8.43. The standard InChI is InChI=1S/C18H15BrF3NO4/c1-2-16(24)23-15-6-5-12(8-13(15)17(25)26)27-9-10-3-4-11(7-14(10)19)18(20,21)22/h3-8H,2,9H2,1H3,(H,23,24)(H,25,26). The summed E-state index contributed by atoms with van der Waals surface area (Å²) in [6.07, 6.45) is -4.25. The lowest BCUT2D eigenvalue weighted by molar-refractivity contribution is -0.137. The molecule has 0 aliphatic carbocycles. The number of anilines is 1. The Morgan fingerprint density at radius 3 is 2.44 bits per heavy atom. The van der Waals surface area contributed by atoms with Crippen LogP contribution in [0.1, 0.15) is 34.8 Å². The maximum atomic E-state index is 12.7. The van der Waals surface area contributed by atoms with E-state index in [4.69, 9.17) is 4.74 Å². The number of ether oxygens (including phenoxy) is 1. The summed E-state index contributed by atoms with van der Waals surface area (Å²) in [6.45, 7) is 1.56. The maximum Gasteiger partial charge on any atom is 0.416 e. The summed E-state index contributed by atoms with van der Waals surface area (Å²) < 4.78 is 43.8. The number of amides is 1. The molecule has 0 heterocycles. The van der Waals surface area contributed by atoms with Crippen molar-refractivity contribution in [1.29, 1.82) is 0 Å². The van der Waals surface area contributed by atoms with E-state index < -0.39 is 17.7 Å². The predicted octanol–water partition coefficient (Wildman–Crippen LogP) is 5.09. The second-order valence-corrected chi connectivity index (χ2v) is 6.36. The molecule has 0 aliphatic rings. The first-order valence-electron chi connectivity index (χ1n) is 7.77. The fourth-order valence-corrected chi connectivity index (χ4v) is 2.63. The highest BCUT2D eigenvalue weighted by Gasteiger charge is 2.30. The van der Waals surface area contributed by atoms with Gasteiger partial charge in [0, 0.05) is 16.5 Å². The van der Waals surface area contributed by atoms with Gasteiger partial charge in [0.05, 0.1) is 16.8 Å². The number of carbonyl (C=O) groups is 2. The number of carbonyl (C=O) groups excluding carboxylic acids is 1. The van der Waals surface area contributed by atoms with E-state index in [1.165, 1.54) is 24.3 Å². The molecule has 9 heteroatoms. The molecular formula is C18H15BrF3NO4. The van der Waals surface area contributed by atoms with Crippen LogP contribution in [0.4, 0.5) is 18.9 Å². The number of rotatable bonds is 6. The van der Waals surface area contributed by atoms with Gasteiger partial charge in [-0.3, -0.25) is 4.79 Å². The third-order valence-corrected chi connectivity index (χ3v) is 4.33. The zero-order valence-electron chi connectivity index (χ0n) is 14.1. The lowest BCUT2D eigenvalue weighted by Crippen LogP contribution is -2.13. The molecule has 0 aliphatic heterocycles. The van der Waals surface area contributed by atoms with Gasteiger partial charge >= 0.3 is 12.1 Å². The molecule has 0 atom stereocenters. The number of aromatic carboxylic acids is 1. The van der Waals surface area contributed by atoms with Gasteiger partial charge in [-0.25, -0.2) is 4.79 Å². The van der Waals surface area contributed by atoms with Crippen molar-refractivity contribution >= 4 is 33.5 Å². The Morgan fingerprint density at radius 1 is 1.19 bits per heavy atom. The van der Waals surface area contributed by atoms with Gasteiger partial charge < -0.3 is 15.2 Å². The molecule has 2 rings (SSSR count). The van der Waals surface area contributed by atoms with Gasteiger partial charge in [-0.15, -0.1) is 0 Å². The summed E-state index contributed by atoms with van der Waals surface area (Å²) in [5.74, 6) is -1.38. The van der Waals surface area contributed by atoms with Crippen LogP contribution < -0.4 is 10.1 Å². The van der Waals surface area contributed by atoms with Gasteiger partial charge in [0.15, 0.2) is 0 Å². The van der Waals surface area contributed by atoms with E-state index >= 15 is 0 Å². The fourth-order valence-electron chi connectivity index (χ4n) is 2.14. The summed E-state index contributed by atoms with van der Waals surface area (Å²) in [5, 5.41) is 11.8. The molecule has 2 N–H and O–H groups in total. The SMILES string of the molecule is CCC(=O)Nc1ccc(OCc2ccc(C(F)(F)F)cc2Br)cc1C(=O)O. The van der Waals surface area contributed by atoms with Crippen LogP contribution in [-0.2, 0) is 17.6 Å². The largest absolute Gasteiger partial charge is 0.489 e. The predicted molar refractivity (Wildman–Crippen MR) is 95.8 cm³/mol. The van der Waals surface area contributed by atoms with Gasteiger partial charge in [-0.1, -0.05) is 28.9 Å². The number of nitrogens with one attached hydrogen (secondary N) is 1. The Hall–Kier alpha value is -2.55. The Labute approximate surface area is 161 Å². The number of carboxylic acids is 1. The monoisotopic (exact) mass is 445 g/mol. The number of hydrogen-bond acceptors (Lipinski definition) is 3. The summed E-state index contributed by atoms with van der Waals surface area (Å²) in [6, 6.07) is 7.27. The molecule has 0 spiro atoms. The van der Waals surface area contributed by atoms with Crippen LogP contribution in [0.5, 0.6) is 5.75 Å². The van der Waals surface area contributed by atoms with Crippen LogP contribution in [0.3, 0.4) is 0 Å². The molecule has 0 radical (unpaired) electrons. The molecule has 5 nitrogen and oxygen atoms in total. The Morgan fingerprint density at radius 2 is 1.89 bits per heavy atom. The molecule has 27 heavy (non-hydrogen) atoms. The van der Waals surface area contributed by atoms with Crippen LogP contribution in [0, 0.1) is 0 Å². The average molecular weight is 446 g/mol. The lowest BCUT2D eigenvalue weighted by Gasteiger charge is -2.13. The summed E-state index contributed by atoms with van der Waals surface area (Å²) in [4.78, 5) is 22.8. The quantitative estimate of drug-likeness (QED) is 0.648. The molecule has 0 bridgehead atoms. The number of alkyl halides is 3. The van der Waals surface area contributed by atoms with Crippen molar-refractivity contribution in [3.05, 3.63) is 57.6 Å². The van der Waals surface area contributed by atoms with Crippen LogP contribution in [0.15, 0.2) is 40.9 Å². The van der Waals surface area contributed by atoms with E-state index in [1.807, 2.05) is 0 Å². The molecule has 0 saturated carbocycles. The highest BCUT2D eigenvalue weighted by Crippen LogP contribution is 2.32. The average Bonchev–Trinajstić information content (AvgIpc) is 2.60. The Balaban J connectivity index is 2.17. The van der Waals surface area contributed by atoms with Crippen molar-refractivity contribution in [2.75, 3.05) is 5.32 Å². The van der Waals surface area contributed by atoms with E-state index in [0.29, 0.717) is 5.56 Å². The summed E-state index contributed by atoms with van der Waals surface area (Å²) in [7, 11) is 0. The molecule has 0 saturated heterocycles. The van der Waals surface area contributed by atoms with Crippen molar-refractivity contribution in [2.24, 2.45) is 0 Å². The van der Waals surface area contributed by atoms with E-state index in [2.05, 4.69) is 21.2 Å². The molecule has 0 unspecified atom stereocenters. The van der Waals surface area contributed by atoms with Gasteiger partial charge in [-0.05, 0) is 30.3 Å². The summed E-state index contributed by atoms with van der Waals surface area (Å²) in [5.41, 5.74) is -0.344. The second-order valence-electron chi connectivity index (χ2n) is 5.51. The Bertz CT molecular complexity index is 868. The first kappa shape index (κ1) is 20.8. The minimum atomic E-state index is -4.45. The van der Waals surface area contributed by atoms with Gasteiger partial charge in [0.2, 0.25) is 5.91 Å². The molecular weight excluding hydrogens is 431 g/mol. The van der Waals surface area contributed by atoms with Crippen molar-refractivity contribution < 1.29 is 32.6 Å². The molecule has 2 aromatic carbocycles. The molecule has 0 aromatic heterocycles. The minimum Gasteiger partial charge on any atom is -0.489 e. The van der Waals surface area contributed by atoms with E-state index in [-0.39, 0.29) is 40.4 Å². The zero-order valence-corrected chi connectivity index (χ0v) is 15.6. The van der Waals surface area contributed by atoms with E-state index in [0.717, 1.165) is 12.1 Å². The normalized spacial score (nSPS) is 11.1. The third kappa shape index (κ3) is 5.46. The highest BCUT2D eigenvalue weighted by molar-refractivity contribution is 9.10. The van der Waals surface area contributed by atoms with E-state index in [9.17, 15) is 27.9 Å². The van der Waals surface area contributed by atoms with Crippen molar-refractivity contribution in [1.82, 2.24) is 0 Å². The third-order valence-electron chi connectivity index (χ3n) is 3.59. The maximum absolute atomic E-state index is 12.7. The molecule has 1 amide bonds.